The third-order valence-electron chi connectivity index (χ3n) is 8.82. The molecule has 6 rings (SSSR count). The molecule has 2 amide bonds. The molecule has 2 N–H and O–H groups in total. The van der Waals surface area contributed by atoms with Gasteiger partial charge in [-0.25, -0.2) is 0 Å². The lowest BCUT2D eigenvalue weighted by molar-refractivity contribution is -0.139. The molecule has 1 saturated heterocycles. The molecule has 45 heavy (non-hydrogen) atoms. The summed E-state index contributed by atoms with van der Waals surface area (Å²) < 4.78 is 7.17. The third-order valence-corrected chi connectivity index (χ3v) is 8.82. The Bertz CT molecular complexity index is 1700. The van der Waals surface area contributed by atoms with E-state index in [-0.39, 0.29) is 25.0 Å². The lowest BCUT2D eigenvalue weighted by Crippen LogP contribution is -2.44. The molecule has 4 aromatic rings. The van der Waals surface area contributed by atoms with Crippen LogP contribution < -0.4 is 14.5 Å². The van der Waals surface area contributed by atoms with Crippen molar-refractivity contribution in [2.24, 2.45) is 5.92 Å². The molecule has 0 bridgehead atoms. The van der Waals surface area contributed by atoms with Gasteiger partial charge in [0.15, 0.2) is 5.60 Å². The van der Waals surface area contributed by atoms with E-state index < -0.39 is 17.4 Å². The fourth-order valence-electron chi connectivity index (χ4n) is 6.05. The topological polar surface area (TPSA) is 121 Å². The number of ether oxygens (including phenoxy) is 1. The minimum absolute atomic E-state index is 0.0685. The zero-order valence-electron chi connectivity index (χ0n) is 25.4. The van der Waals surface area contributed by atoms with Gasteiger partial charge in [0.05, 0.1) is 37.6 Å². The SMILES string of the molecule is COc1ccc2c(c1)[C@](O)([C@@H](C)/C=C/CCn1cc(C(CO)c3ccccc3)nn1)C(=O)N2Cc1ccc(N2CCC2=O)cc1. The first-order valence-electron chi connectivity index (χ1n) is 15.2. The number of aromatic nitrogens is 3. The molecule has 1 fully saturated rings. The number of fused-ring (bicyclic) bond motifs is 1. The van der Waals surface area contributed by atoms with E-state index in [9.17, 15) is 19.8 Å². The number of aryl methyl sites for hydroxylation is 1. The zero-order valence-corrected chi connectivity index (χ0v) is 25.4. The second-order valence-corrected chi connectivity index (χ2v) is 11.6. The number of benzene rings is 3. The predicted octanol–water partition coefficient (Wildman–Crippen LogP) is 4.16. The van der Waals surface area contributed by atoms with Crippen LogP contribution in [0.25, 0.3) is 0 Å². The highest BCUT2D eigenvalue weighted by Crippen LogP contribution is 2.47. The van der Waals surface area contributed by atoms with E-state index in [4.69, 9.17) is 4.74 Å². The number of carbonyl (C=O) groups is 2. The van der Waals surface area contributed by atoms with Crippen LogP contribution in [0.1, 0.15) is 48.1 Å². The van der Waals surface area contributed by atoms with Gasteiger partial charge >= 0.3 is 0 Å². The van der Waals surface area contributed by atoms with Crippen molar-refractivity contribution in [2.75, 3.05) is 30.1 Å². The molecule has 0 spiro atoms. The van der Waals surface area contributed by atoms with Gasteiger partial charge in [0.2, 0.25) is 5.91 Å². The van der Waals surface area contributed by atoms with Gasteiger partial charge < -0.3 is 24.7 Å². The Kier molecular flexibility index (Phi) is 8.51. The van der Waals surface area contributed by atoms with Gasteiger partial charge in [0.25, 0.3) is 5.91 Å². The summed E-state index contributed by atoms with van der Waals surface area (Å²) in [5, 5.41) is 30.5. The van der Waals surface area contributed by atoms with Gasteiger partial charge in [0, 0.05) is 42.9 Å². The Labute approximate surface area is 262 Å². The van der Waals surface area contributed by atoms with E-state index in [1.165, 1.54) is 0 Å². The molecule has 0 aliphatic carbocycles. The van der Waals surface area contributed by atoms with Gasteiger partial charge in [0.1, 0.15) is 5.75 Å². The fourth-order valence-corrected chi connectivity index (χ4v) is 6.05. The number of rotatable bonds is 12. The van der Waals surface area contributed by atoms with Gasteiger partial charge in [-0.1, -0.05) is 66.8 Å². The summed E-state index contributed by atoms with van der Waals surface area (Å²) in [6, 6.07) is 22.7. The predicted molar refractivity (Wildman–Crippen MR) is 170 cm³/mol. The van der Waals surface area contributed by atoms with Crippen LogP contribution in [0.5, 0.6) is 5.75 Å². The van der Waals surface area contributed by atoms with Gasteiger partial charge in [-0.2, -0.15) is 0 Å². The molecule has 0 radical (unpaired) electrons. The molecule has 1 unspecified atom stereocenters. The second kappa shape index (κ2) is 12.7. The molecule has 2 aliphatic heterocycles. The lowest BCUT2D eigenvalue weighted by Gasteiger charge is -2.31. The third kappa shape index (κ3) is 5.74. The van der Waals surface area contributed by atoms with Gasteiger partial charge in [-0.05, 0) is 47.9 Å². The monoisotopic (exact) mass is 607 g/mol. The number of hydrogen-bond donors (Lipinski definition) is 2. The summed E-state index contributed by atoms with van der Waals surface area (Å²) in [7, 11) is 1.56. The summed E-state index contributed by atoms with van der Waals surface area (Å²) >= 11 is 0. The molecule has 10 heteroatoms. The van der Waals surface area contributed by atoms with Crippen LogP contribution >= 0.6 is 0 Å². The highest BCUT2D eigenvalue weighted by atomic mass is 16.5. The number of hydrogen-bond acceptors (Lipinski definition) is 7. The Morgan fingerprint density at radius 1 is 1.07 bits per heavy atom. The summed E-state index contributed by atoms with van der Waals surface area (Å²) in [6.07, 6.45) is 6.81. The molecule has 232 valence electrons. The minimum atomic E-state index is -1.78. The van der Waals surface area contributed by atoms with Gasteiger partial charge in [-0.3, -0.25) is 14.3 Å². The van der Waals surface area contributed by atoms with Crippen LogP contribution in [0.15, 0.2) is 91.1 Å². The maximum absolute atomic E-state index is 14.0. The normalized spacial score (nSPS) is 19.1. The Balaban J connectivity index is 1.15. The van der Waals surface area contributed by atoms with Crippen LogP contribution in [-0.2, 0) is 28.3 Å². The minimum Gasteiger partial charge on any atom is -0.497 e. The first kappa shape index (κ1) is 30.2. The number of β-lactam (4-membered cyclic amide) rings is 1. The fraction of sp³-hybridized carbons (Fsp3) is 0.314. The van der Waals surface area contributed by atoms with Crippen molar-refractivity contribution >= 4 is 23.2 Å². The molecule has 3 aromatic carbocycles. The van der Waals surface area contributed by atoms with Crippen molar-refractivity contribution in [1.29, 1.82) is 0 Å². The van der Waals surface area contributed by atoms with Crippen molar-refractivity contribution in [1.82, 2.24) is 15.0 Å². The van der Waals surface area contributed by atoms with Crippen LogP contribution in [-0.4, -0.2) is 57.3 Å². The first-order valence-corrected chi connectivity index (χ1v) is 15.2. The number of allylic oxidation sites excluding steroid dienone is 1. The van der Waals surface area contributed by atoms with Crippen LogP contribution in [0.4, 0.5) is 11.4 Å². The van der Waals surface area contributed by atoms with Crippen LogP contribution in [0, 0.1) is 5.92 Å². The molecule has 1 aromatic heterocycles. The molecular weight excluding hydrogens is 570 g/mol. The second-order valence-electron chi connectivity index (χ2n) is 11.6. The number of methoxy groups -OCH3 is 1. The lowest BCUT2D eigenvalue weighted by atomic mass is 9.83. The summed E-state index contributed by atoms with van der Waals surface area (Å²) in [4.78, 5) is 29.2. The smallest absolute Gasteiger partial charge is 0.264 e. The Morgan fingerprint density at radius 2 is 1.84 bits per heavy atom. The number of anilines is 2. The quantitative estimate of drug-likeness (QED) is 0.183. The Hall–Kier alpha value is -4.80. The average Bonchev–Trinajstić information content (AvgIpc) is 3.61. The number of carbonyl (C=O) groups excluding carboxylic acids is 2. The van der Waals surface area contributed by atoms with Crippen molar-refractivity contribution in [3.8, 4) is 5.75 Å². The zero-order chi connectivity index (χ0) is 31.6. The van der Waals surface area contributed by atoms with Crippen LogP contribution in [0.2, 0.25) is 0 Å². The maximum atomic E-state index is 14.0. The van der Waals surface area contributed by atoms with E-state index in [0.29, 0.717) is 42.1 Å². The van der Waals surface area contributed by atoms with E-state index in [1.807, 2.05) is 85.9 Å². The highest BCUT2D eigenvalue weighted by molar-refractivity contribution is 6.07. The van der Waals surface area contributed by atoms with E-state index in [2.05, 4.69) is 10.3 Å². The molecule has 10 nitrogen and oxygen atoms in total. The molecular formula is C35H37N5O5. The summed E-state index contributed by atoms with van der Waals surface area (Å²) in [6.45, 7) is 3.30. The standard InChI is InChI=1S/C35H37N5O5/c1-24(8-6-7-18-38-22-31(36-37-38)29(23-41)26-9-4-3-5-10-26)35(44)30-20-28(45-2)15-16-32(30)40(34(35)43)21-25-11-13-27(14-12-25)39-19-17-33(39)42/h3-6,8-16,20,22,24,29,41,44H,7,17-19,21,23H2,1-2H3/b8-6+/t24-,29?,35+/m0/s1. The van der Waals surface area contributed by atoms with Crippen molar-refractivity contribution < 1.29 is 24.5 Å². The molecule has 3 heterocycles. The first-order chi connectivity index (χ1) is 21.8. The molecule has 2 aliphatic rings. The molecule has 0 saturated carbocycles. The van der Waals surface area contributed by atoms with E-state index >= 15 is 0 Å². The van der Waals surface area contributed by atoms with E-state index in [0.717, 1.165) is 23.4 Å². The number of amides is 2. The maximum Gasteiger partial charge on any atom is 0.264 e. The van der Waals surface area contributed by atoms with Crippen molar-refractivity contribution in [2.45, 2.75) is 44.4 Å². The van der Waals surface area contributed by atoms with Crippen molar-refractivity contribution in [3.05, 3.63) is 114 Å². The number of aliphatic hydroxyl groups excluding tert-OH is 1. The van der Waals surface area contributed by atoms with Crippen molar-refractivity contribution in [3.63, 3.8) is 0 Å². The number of aliphatic hydroxyl groups is 2. The van der Waals surface area contributed by atoms with Gasteiger partial charge in [-0.15, -0.1) is 5.10 Å². The number of nitrogens with zero attached hydrogens (tertiary/aromatic N) is 5. The average molecular weight is 608 g/mol. The Morgan fingerprint density at radius 3 is 2.51 bits per heavy atom. The van der Waals surface area contributed by atoms with Crippen LogP contribution in [0.3, 0.4) is 0 Å². The summed E-state index contributed by atoms with van der Waals surface area (Å²) in [5.41, 5.74) is 2.75. The highest BCUT2D eigenvalue weighted by Gasteiger charge is 2.52. The summed E-state index contributed by atoms with van der Waals surface area (Å²) in [5.74, 6) is -0.525. The van der Waals surface area contributed by atoms with E-state index in [1.54, 1.807) is 33.7 Å². The molecule has 3 atom stereocenters. The largest absolute Gasteiger partial charge is 0.497 e.